The van der Waals surface area contributed by atoms with Gasteiger partial charge >= 0.3 is 0 Å². The molecular weight excluding hydrogens is 222 g/mol. The van der Waals surface area contributed by atoms with E-state index in [4.69, 9.17) is 0 Å². The van der Waals surface area contributed by atoms with Crippen LogP contribution in [0, 0.1) is 0 Å². The van der Waals surface area contributed by atoms with E-state index in [0.717, 1.165) is 11.4 Å². The fraction of sp³-hybridized carbons (Fsp3) is 0.300. The largest absolute Gasteiger partial charge is 0.410 e. The Morgan fingerprint density at radius 1 is 1.06 bits per heavy atom. The first-order valence-corrected chi connectivity index (χ1v) is 5.12. The van der Waals surface area contributed by atoms with Crippen LogP contribution in [-0.2, 0) is 0 Å². The first kappa shape index (κ1) is 11.2. The summed E-state index contributed by atoms with van der Waals surface area (Å²) in [6.45, 7) is 0. The van der Waals surface area contributed by atoms with Crippen molar-refractivity contribution in [1.82, 2.24) is 9.69 Å². The lowest BCUT2D eigenvalue weighted by Crippen LogP contribution is -2.20. The summed E-state index contributed by atoms with van der Waals surface area (Å²) in [5, 5.41) is 26.0. The molecule has 2 aromatic rings. The van der Waals surface area contributed by atoms with Crippen molar-refractivity contribution in [2.75, 3.05) is 31.8 Å². The molecule has 2 rings (SSSR count). The van der Waals surface area contributed by atoms with Gasteiger partial charge in [0.1, 0.15) is 5.52 Å². The second-order valence-electron chi connectivity index (χ2n) is 3.54. The van der Waals surface area contributed by atoms with Gasteiger partial charge in [-0.2, -0.15) is 0 Å². The van der Waals surface area contributed by atoms with Crippen molar-refractivity contribution in [3.63, 3.8) is 0 Å². The number of nitrogens with one attached hydrogen (secondary N) is 2. The van der Waals surface area contributed by atoms with Crippen LogP contribution < -0.4 is 16.1 Å². The first-order valence-electron chi connectivity index (χ1n) is 5.12. The minimum Gasteiger partial charge on any atom is -0.410 e. The van der Waals surface area contributed by atoms with Crippen LogP contribution in [0.25, 0.3) is 10.9 Å². The zero-order chi connectivity index (χ0) is 12.6. The number of benzene rings is 1. The maximum absolute atomic E-state index is 9.72. The van der Waals surface area contributed by atoms with Gasteiger partial charge in [-0.15, -0.1) is 0 Å². The SMILES string of the molecule is CN=c1c2cc(NC)c(NC)cc2n(O)n1O. The summed E-state index contributed by atoms with van der Waals surface area (Å²) in [4.78, 5) is 5.19. The molecule has 0 aliphatic heterocycles. The normalized spacial score (nSPS) is 12.1. The Morgan fingerprint density at radius 2 is 1.65 bits per heavy atom. The van der Waals surface area contributed by atoms with E-state index in [2.05, 4.69) is 15.6 Å². The molecule has 0 amide bonds. The van der Waals surface area contributed by atoms with Crippen molar-refractivity contribution >= 4 is 22.3 Å². The number of aromatic nitrogens is 2. The van der Waals surface area contributed by atoms with E-state index in [9.17, 15) is 10.4 Å². The second-order valence-corrected chi connectivity index (χ2v) is 3.54. The second kappa shape index (κ2) is 3.93. The Bertz CT molecular complexity index is 626. The lowest BCUT2D eigenvalue weighted by atomic mass is 10.2. The molecule has 17 heavy (non-hydrogen) atoms. The topological polar surface area (TPSA) is 86.7 Å². The van der Waals surface area contributed by atoms with Crippen molar-refractivity contribution in [2.24, 2.45) is 4.99 Å². The predicted molar refractivity (Wildman–Crippen MR) is 64.9 cm³/mol. The van der Waals surface area contributed by atoms with E-state index < -0.39 is 0 Å². The van der Waals surface area contributed by atoms with E-state index in [1.54, 1.807) is 27.2 Å². The van der Waals surface area contributed by atoms with Crippen LogP contribution in [0.1, 0.15) is 0 Å². The van der Waals surface area contributed by atoms with Crippen LogP contribution in [-0.4, -0.2) is 41.2 Å². The molecule has 0 fully saturated rings. The molecule has 1 aromatic heterocycles. The van der Waals surface area contributed by atoms with Crippen LogP contribution in [0.4, 0.5) is 11.4 Å². The molecule has 7 heteroatoms. The highest BCUT2D eigenvalue weighted by molar-refractivity contribution is 5.89. The summed E-state index contributed by atoms with van der Waals surface area (Å²) in [6, 6.07) is 3.53. The predicted octanol–water partition coefficient (Wildman–Crippen LogP) is 0.531. The summed E-state index contributed by atoms with van der Waals surface area (Å²) < 4.78 is 0. The van der Waals surface area contributed by atoms with Gasteiger partial charge in [0.2, 0.25) is 0 Å². The van der Waals surface area contributed by atoms with Gasteiger partial charge in [0.25, 0.3) is 0 Å². The molecule has 0 saturated carbocycles. The number of anilines is 2. The van der Waals surface area contributed by atoms with Crippen molar-refractivity contribution in [2.45, 2.75) is 0 Å². The summed E-state index contributed by atoms with van der Waals surface area (Å²) in [6.07, 6.45) is 0. The maximum Gasteiger partial charge on any atom is 0.195 e. The molecule has 92 valence electrons. The summed E-state index contributed by atoms with van der Waals surface area (Å²) in [7, 11) is 5.13. The highest BCUT2D eigenvalue weighted by Crippen LogP contribution is 2.26. The number of fused-ring (bicyclic) bond motifs is 1. The van der Waals surface area contributed by atoms with Crippen LogP contribution in [0.15, 0.2) is 17.1 Å². The quantitative estimate of drug-likeness (QED) is 0.574. The van der Waals surface area contributed by atoms with Gasteiger partial charge in [0.15, 0.2) is 5.49 Å². The summed E-state index contributed by atoms with van der Waals surface area (Å²) in [5.41, 5.74) is 2.44. The molecule has 7 nitrogen and oxygen atoms in total. The van der Waals surface area contributed by atoms with Gasteiger partial charge in [0, 0.05) is 21.1 Å². The molecule has 0 unspecified atom stereocenters. The van der Waals surface area contributed by atoms with E-state index >= 15 is 0 Å². The lowest BCUT2D eigenvalue weighted by Gasteiger charge is -2.08. The maximum atomic E-state index is 9.72. The monoisotopic (exact) mass is 237 g/mol. The smallest absolute Gasteiger partial charge is 0.195 e. The number of hydrogen-bond acceptors (Lipinski definition) is 5. The van der Waals surface area contributed by atoms with Crippen LogP contribution >= 0.6 is 0 Å². The van der Waals surface area contributed by atoms with E-state index in [1.165, 1.54) is 0 Å². The summed E-state index contributed by atoms with van der Waals surface area (Å²) >= 11 is 0. The zero-order valence-corrected chi connectivity index (χ0v) is 9.89. The first-order chi connectivity index (χ1) is 8.13. The molecule has 0 aliphatic rings. The highest BCUT2D eigenvalue weighted by atomic mass is 16.6. The number of nitrogens with zero attached hydrogens (tertiary/aromatic N) is 3. The van der Waals surface area contributed by atoms with E-state index in [1.807, 2.05) is 6.07 Å². The van der Waals surface area contributed by atoms with Gasteiger partial charge in [-0.05, 0) is 12.1 Å². The van der Waals surface area contributed by atoms with Gasteiger partial charge in [-0.3, -0.25) is 4.99 Å². The lowest BCUT2D eigenvalue weighted by molar-refractivity contribution is -0.00964. The standard InChI is InChI=1S/C10H15N5O2/c1-11-7-4-6-9(5-8(7)12-2)14(16)15(17)10(6)13-3/h4-5,11-12,16-17H,1-3H3. The Kier molecular flexibility index (Phi) is 2.58. The molecule has 0 spiro atoms. The Balaban J connectivity index is 2.93. The highest BCUT2D eigenvalue weighted by Gasteiger charge is 2.13. The minimum atomic E-state index is 0.293. The van der Waals surface area contributed by atoms with Crippen molar-refractivity contribution < 1.29 is 10.4 Å². The van der Waals surface area contributed by atoms with Crippen LogP contribution in [0.2, 0.25) is 0 Å². The van der Waals surface area contributed by atoms with Gasteiger partial charge in [-0.1, -0.05) is 9.69 Å². The summed E-state index contributed by atoms with van der Waals surface area (Å²) in [5.74, 6) is 0. The Morgan fingerprint density at radius 3 is 2.18 bits per heavy atom. The fourth-order valence-corrected chi connectivity index (χ4v) is 1.86. The number of rotatable bonds is 2. The van der Waals surface area contributed by atoms with Gasteiger partial charge < -0.3 is 21.0 Å². The molecule has 1 aromatic carbocycles. The third-order valence-corrected chi connectivity index (χ3v) is 2.71. The Hall–Kier alpha value is -2.31. The molecule has 0 bridgehead atoms. The van der Waals surface area contributed by atoms with E-state index in [0.29, 0.717) is 26.1 Å². The van der Waals surface area contributed by atoms with E-state index in [-0.39, 0.29) is 0 Å². The van der Waals surface area contributed by atoms with Crippen LogP contribution in [0.3, 0.4) is 0 Å². The molecular formula is C10H15N5O2. The molecule has 1 heterocycles. The van der Waals surface area contributed by atoms with Crippen molar-refractivity contribution in [3.8, 4) is 0 Å². The molecule has 0 aliphatic carbocycles. The third-order valence-electron chi connectivity index (χ3n) is 2.71. The Labute approximate surface area is 97.5 Å². The average molecular weight is 237 g/mol. The number of hydrogen-bond donors (Lipinski definition) is 4. The zero-order valence-electron chi connectivity index (χ0n) is 9.89. The minimum absolute atomic E-state index is 0.293. The average Bonchev–Trinajstić information content (AvgIpc) is 2.59. The molecule has 0 atom stereocenters. The molecule has 0 radical (unpaired) electrons. The third kappa shape index (κ3) is 1.47. The van der Waals surface area contributed by atoms with Crippen LogP contribution in [0.5, 0.6) is 0 Å². The van der Waals surface area contributed by atoms with Gasteiger partial charge in [0.05, 0.1) is 16.8 Å². The van der Waals surface area contributed by atoms with Crippen molar-refractivity contribution in [1.29, 1.82) is 0 Å². The van der Waals surface area contributed by atoms with Crippen molar-refractivity contribution in [3.05, 3.63) is 17.6 Å². The fourth-order valence-electron chi connectivity index (χ4n) is 1.86. The van der Waals surface area contributed by atoms with Gasteiger partial charge in [-0.25, -0.2) is 0 Å². The molecule has 0 saturated heterocycles. The molecule has 4 N–H and O–H groups in total.